The fourth-order valence-electron chi connectivity index (χ4n) is 2.21. The Bertz CT molecular complexity index is 879. The average molecular weight is 301 g/mol. The third kappa shape index (κ3) is 2.24. The van der Waals surface area contributed by atoms with E-state index in [1.165, 1.54) is 16.8 Å². The van der Waals surface area contributed by atoms with Crippen molar-refractivity contribution in [3.05, 3.63) is 63.8 Å². The van der Waals surface area contributed by atoms with E-state index >= 15 is 0 Å². The van der Waals surface area contributed by atoms with Gasteiger partial charge in [0.1, 0.15) is 22.6 Å². The Hall–Kier alpha value is -2.45. The lowest BCUT2D eigenvalue weighted by Crippen LogP contribution is -2.04. The molecule has 6 heteroatoms. The molecule has 0 fully saturated rings. The van der Waals surface area contributed by atoms with E-state index in [1.807, 2.05) is 6.07 Å². The van der Waals surface area contributed by atoms with Crippen LogP contribution in [0.4, 0.5) is 4.39 Å². The number of aryl methyl sites for hydroxylation is 1. The average Bonchev–Trinajstić information content (AvgIpc) is 2.88. The molecular weight excluding hydrogens is 291 g/mol. The fraction of sp³-hybridized carbons (Fsp3) is 0.133. The number of nitriles is 1. The molecule has 0 aliphatic rings. The van der Waals surface area contributed by atoms with Gasteiger partial charge in [0.05, 0.1) is 6.20 Å². The number of aromatic nitrogens is 3. The van der Waals surface area contributed by atoms with E-state index in [4.69, 9.17) is 16.9 Å². The summed E-state index contributed by atoms with van der Waals surface area (Å²) in [7, 11) is 0. The highest BCUT2D eigenvalue weighted by atomic mass is 35.5. The highest BCUT2D eigenvalue weighted by Crippen LogP contribution is 2.25. The lowest BCUT2D eigenvalue weighted by atomic mass is 10.0. The minimum absolute atomic E-state index is 0.286. The first kappa shape index (κ1) is 13.5. The molecule has 21 heavy (non-hydrogen) atoms. The van der Waals surface area contributed by atoms with Gasteiger partial charge >= 0.3 is 0 Å². The SMILES string of the molecule is Cc1nc2c(C#N)cnn2c(Cl)c1Cc1ccccc1F. The molecule has 0 bridgehead atoms. The molecule has 0 amide bonds. The van der Waals surface area contributed by atoms with Crippen LogP contribution in [0.15, 0.2) is 30.5 Å². The molecule has 1 aromatic carbocycles. The Kier molecular flexibility index (Phi) is 3.32. The van der Waals surface area contributed by atoms with E-state index in [-0.39, 0.29) is 5.82 Å². The van der Waals surface area contributed by atoms with Crippen molar-refractivity contribution in [2.75, 3.05) is 0 Å². The molecule has 0 aliphatic carbocycles. The van der Waals surface area contributed by atoms with Gasteiger partial charge in [-0.2, -0.15) is 10.4 Å². The van der Waals surface area contributed by atoms with Gasteiger partial charge in [0.15, 0.2) is 5.65 Å². The van der Waals surface area contributed by atoms with Crippen molar-refractivity contribution in [2.24, 2.45) is 0 Å². The van der Waals surface area contributed by atoms with E-state index in [9.17, 15) is 4.39 Å². The third-order valence-electron chi connectivity index (χ3n) is 3.33. The van der Waals surface area contributed by atoms with E-state index in [2.05, 4.69) is 10.1 Å². The second-order valence-electron chi connectivity index (χ2n) is 4.64. The van der Waals surface area contributed by atoms with Gasteiger partial charge in [-0.3, -0.25) is 0 Å². The van der Waals surface area contributed by atoms with Crippen LogP contribution in [0.3, 0.4) is 0 Å². The topological polar surface area (TPSA) is 54.0 Å². The van der Waals surface area contributed by atoms with Crippen LogP contribution in [0.5, 0.6) is 0 Å². The smallest absolute Gasteiger partial charge is 0.174 e. The van der Waals surface area contributed by atoms with Gasteiger partial charge in [0.2, 0.25) is 0 Å². The van der Waals surface area contributed by atoms with Crippen molar-refractivity contribution in [3.63, 3.8) is 0 Å². The molecule has 2 heterocycles. The summed E-state index contributed by atoms with van der Waals surface area (Å²) in [5, 5.41) is 13.4. The van der Waals surface area contributed by atoms with E-state index in [0.29, 0.717) is 39.6 Å². The summed E-state index contributed by atoms with van der Waals surface area (Å²) in [4.78, 5) is 4.36. The van der Waals surface area contributed by atoms with Gasteiger partial charge in [-0.1, -0.05) is 29.8 Å². The first-order chi connectivity index (χ1) is 10.1. The van der Waals surface area contributed by atoms with Gasteiger partial charge in [-0.25, -0.2) is 13.9 Å². The molecule has 3 aromatic rings. The minimum atomic E-state index is -0.286. The molecular formula is C15H10ClFN4. The summed E-state index contributed by atoms with van der Waals surface area (Å²) in [5.74, 6) is -0.286. The summed E-state index contributed by atoms with van der Waals surface area (Å²) >= 11 is 6.35. The van der Waals surface area contributed by atoms with Crippen LogP contribution in [0.2, 0.25) is 5.15 Å². The number of hydrogen-bond donors (Lipinski definition) is 0. The number of benzene rings is 1. The van der Waals surface area contributed by atoms with Crippen molar-refractivity contribution < 1.29 is 4.39 Å². The van der Waals surface area contributed by atoms with E-state index in [1.54, 1.807) is 25.1 Å². The molecule has 0 atom stereocenters. The Balaban J connectivity index is 2.16. The highest BCUT2D eigenvalue weighted by Gasteiger charge is 2.16. The molecule has 0 N–H and O–H groups in total. The predicted octanol–water partition coefficient (Wildman–Crippen LogP) is 3.29. The molecule has 2 aromatic heterocycles. The molecule has 0 unspecified atom stereocenters. The van der Waals surface area contributed by atoms with Crippen LogP contribution in [0.25, 0.3) is 5.65 Å². The molecule has 0 spiro atoms. The first-order valence-corrected chi connectivity index (χ1v) is 6.66. The highest BCUT2D eigenvalue weighted by molar-refractivity contribution is 6.30. The lowest BCUT2D eigenvalue weighted by molar-refractivity contribution is 0.613. The van der Waals surface area contributed by atoms with Crippen LogP contribution in [-0.4, -0.2) is 14.6 Å². The summed E-state index contributed by atoms with van der Waals surface area (Å²) in [5.41, 5.74) is 2.67. The second-order valence-corrected chi connectivity index (χ2v) is 5.00. The Morgan fingerprint density at radius 1 is 1.38 bits per heavy atom. The Labute approximate surface area is 125 Å². The number of fused-ring (bicyclic) bond motifs is 1. The maximum atomic E-state index is 13.8. The van der Waals surface area contributed by atoms with Gasteiger partial charge in [-0.05, 0) is 18.6 Å². The van der Waals surface area contributed by atoms with Crippen molar-refractivity contribution >= 4 is 17.2 Å². The zero-order valence-electron chi connectivity index (χ0n) is 11.1. The van der Waals surface area contributed by atoms with Crippen LogP contribution in [-0.2, 0) is 6.42 Å². The molecule has 0 aliphatic heterocycles. The zero-order valence-corrected chi connectivity index (χ0v) is 11.9. The number of hydrogen-bond acceptors (Lipinski definition) is 3. The van der Waals surface area contributed by atoms with Crippen molar-refractivity contribution in [2.45, 2.75) is 13.3 Å². The summed E-state index contributed by atoms with van der Waals surface area (Å²) in [6.45, 7) is 1.79. The van der Waals surface area contributed by atoms with Crippen LogP contribution < -0.4 is 0 Å². The molecule has 0 saturated carbocycles. The van der Waals surface area contributed by atoms with Crippen molar-refractivity contribution in [3.8, 4) is 6.07 Å². The monoisotopic (exact) mass is 300 g/mol. The normalized spacial score (nSPS) is 10.8. The van der Waals surface area contributed by atoms with Gasteiger partial charge < -0.3 is 0 Å². The predicted molar refractivity (Wildman–Crippen MR) is 76.7 cm³/mol. The summed E-state index contributed by atoms with van der Waals surface area (Å²) in [6, 6.07) is 8.55. The van der Waals surface area contributed by atoms with Gasteiger partial charge in [-0.15, -0.1) is 0 Å². The summed E-state index contributed by atoms with van der Waals surface area (Å²) in [6.07, 6.45) is 1.74. The van der Waals surface area contributed by atoms with Crippen LogP contribution in [0.1, 0.15) is 22.4 Å². The molecule has 3 rings (SSSR count). The standard InChI is InChI=1S/C15H10ClFN4/c1-9-12(6-10-4-2-3-5-13(10)17)14(16)21-15(20-9)11(7-18)8-19-21/h2-5,8H,6H2,1H3. The maximum Gasteiger partial charge on any atom is 0.174 e. The van der Waals surface area contributed by atoms with E-state index in [0.717, 1.165) is 0 Å². The van der Waals surface area contributed by atoms with Gasteiger partial charge in [0.25, 0.3) is 0 Å². The molecule has 0 radical (unpaired) electrons. The number of rotatable bonds is 2. The number of halogens is 2. The largest absolute Gasteiger partial charge is 0.232 e. The van der Waals surface area contributed by atoms with Crippen molar-refractivity contribution in [1.29, 1.82) is 5.26 Å². The first-order valence-electron chi connectivity index (χ1n) is 6.28. The minimum Gasteiger partial charge on any atom is -0.232 e. The zero-order chi connectivity index (χ0) is 15.0. The lowest BCUT2D eigenvalue weighted by Gasteiger charge is -2.10. The molecule has 4 nitrogen and oxygen atoms in total. The fourth-order valence-corrected chi connectivity index (χ4v) is 2.54. The Morgan fingerprint density at radius 3 is 2.86 bits per heavy atom. The molecule has 0 saturated heterocycles. The second kappa shape index (κ2) is 5.15. The maximum absolute atomic E-state index is 13.8. The van der Waals surface area contributed by atoms with E-state index < -0.39 is 0 Å². The quantitative estimate of drug-likeness (QED) is 0.682. The summed E-state index contributed by atoms with van der Waals surface area (Å²) < 4.78 is 15.2. The van der Waals surface area contributed by atoms with Crippen LogP contribution >= 0.6 is 11.6 Å². The van der Waals surface area contributed by atoms with Gasteiger partial charge in [0, 0.05) is 17.7 Å². The number of nitrogens with zero attached hydrogens (tertiary/aromatic N) is 4. The third-order valence-corrected chi connectivity index (χ3v) is 3.72. The Morgan fingerprint density at radius 2 is 2.14 bits per heavy atom. The van der Waals surface area contributed by atoms with Crippen molar-refractivity contribution in [1.82, 2.24) is 14.6 Å². The van der Waals surface area contributed by atoms with Crippen LogP contribution in [0, 0.1) is 24.1 Å². The molecule has 104 valence electrons.